The van der Waals surface area contributed by atoms with Gasteiger partial charge in [0.2, 0.25) is 10.0 Å². The monoisotopic (exact) mass is 415 g/mol. The SMILES string of the molecule is CS(=O)(=O)Nc1ccc2c(c1)C=CC1(CCN(CCOCCNCl)CC1)O2. The van der Waals surface area contributed by atoms with Crippen LogP contribution in [-0.4, -0.2) is 64.6 Å². The maximum absolute atomic E-state index is 11.4. The van der Waals surface area contributed by atoms with E-state index in [0.717, 1.165) is 50.0 Å². The van der Waals surface area contributed by atoms with Gasteiger partial charge in [-0.05, 0) is 36.1 Å². The molecule has 1 aromatic rings. The van der Waals surface area contributed by atoms with Crippen LogP contribution in [0.5, 0.6) is 5.75 Å². The molecule has 2 aliphatic rings. The molecule has 150 valence electrons. The zero-order valence-corrected chi connectivity index (χ0v) is 17.0. The normalized spacial score (nSPS) is 18.9. The minimum atomic E-state index is -3.29. The van der Waals surface area contributed by atoms with E-state index >= 15 is 0 Å². The number of fused-ring (bicyclic) bond motifs is 1. The molecule has 2 aliphatic heterocycles. The molecule has 0 amide bonds. The van der Waals surface area contributed by atoms with Gasteiger partial charge < -0.3 is 14.4 Å². The first-order chi connectivity index (χ1) is 12.9. The molecule has 9 heteroatoms. The highest BCUT2D eigenvalue weighted by Crippen LogP contribution is 2.38. The predicted molar refractivity (Wildman–Crippen MR) is 108 cm³/mol. The summed E-state index contributed by atoms with van der Waals surface area (Å²) >= 11 is 5.39. The van der Waals surface area contributed by atoms with Crippen molar-refractivity contribution in [2.24, 2.45) is 0 Å². The van der Waals surface area contributed by atoms with Gasteiger partial charge in [0.15, 0.2) is 0 Å². The van der Waals surface area contributed by atoms with Crippen LogP contribution in [0.1, 0.15) is 18.4 Å². The molecule has 1 fully saturated rings. The van der Waals surface area contributed by atoms with Crippen LogP contribution >= 0.6 is 11.8 Å². The van der Waals surface area contributed by atoms with E-state index in [0.29, 0.717) is 25.4 Å². The van der Waals surface area contributed by atoms with Crippen molar-refractivity contribution < 1.29 is 17.9 Å². The van der Waals surface area contributed by atoms with E-state index < -0.39 is 10.0 Å². The van der Waals surface area contributed by atoms with Gasteiger partial charge >= 0.3 is 0 Å². The molecule has 1 saturated heterocycles. The Balaban J connectivity index is 1.53. The fourth-order valence-corrected chi connectivity index (χ4v) is 4.01. The minimum Gasteiger partial charge on any atom is -0.482 e. The molecule has 0 aromatic heterocycles. The first kappa shape index (κ1) is 20.4. The van der Waals surface area contributed by atoms with Crippen molar-refractivity contribution in [3.63, 3.8) is 0 Å². The quantitative estimate of drug-likeness (QED) is 0.499. The first-order valence-electron chi connectivity index (χ1n) is 9.03. The number of hydrogen-bond acceptors (Lipinski definition) is 6. The number of sulfonamides is 1. The lowest BCUT2D eigenvalue weighted by Gasteiger charge is -2.42. The molecule has 3 rings (SSSR count). The Bertz CT molecular complexity index is 777. The first-order valence-corrected chi connectivity index (χ1v) is 11.3. The van der Waals surface area contributed by atoms with Gasteiger partial charge in [-0.15, -0.1) is 0 Å². The fraction of sp³-hybridized carbons (Fsp3) is 0.556. The summed E-state index contributed by atoms with van der Waals surface area (Å²) in [4.78, 5) is 4.92. The Kier molecular flexibility index (Phi) is 6.65. The molecule has 1 spiro atoms. The summed E-state index contributed by atoms with van der Waals surface area (Å²) in [5.74, 6) is 0.793. The topological polar surface area (TPSA) is 79.9 Å². The van der Waals surface area contributed by atoms with Gasteiger partial charge in [0.1, 0.15) is 11.4 Å². The number of ether oxygens (including phenoxy) is 2. The molecular weight excluding hydrogens is 390 g/mol. The molecule has 1 aromatic carbocycles. The minimum absolute atomic E-state index is 0.279. The number of nitrogens with one attached hydrogen (secondary N) is 2. The Morgan fingerprint density at radius 1 is 1.30 bits per heavy atom. The number of rotatable bonds is 8. The number of halogens is 1. The van der Waals surface area contributed by atoms with Gasteiger partial charge in [0, 0.05) is 50.3 Å². The molecule has 0 bridgehead atoms. The number of nitrogens with zero attached hydrogens (tertiary/aromatic N) is 1. The highest BCUT2D eigenvalue weighted by Gasteiger charge is 2.36. The van der Waals surface area contributed by atoms with Crippen molar-refractivity contribution in [2.75, 3.05) is 50.4 Å². The van der Waals surface area contributed by atoms with E-state index in [2.05, 4.69) is 20.5 Å². The van der Waals surface area contributed by atoms with Crippen LogP contribution < -0.4 is 14.3 Å². The van der Waals surface area contributed by atoms with Crippen molar-refractivity contribution >= 4 is 33.6 Å². The van der Waals surface area contributed by atoms with Crippen LogP contribution in [0.15, 0.2) is 24.3 Å². The van der Waals surface area contributed by atoms with E-state index in [9.17, 15) is 8.42 Å². The highest BCUT2D eigenvalue weighted by molar-refractivity contribution is 7.92. The molecular formula is C18H26ClN3O4S. The summed E-state index contributed by atoms with van der Waals surface area (Å²) in [6, 6.07) is 5.36. The van der Waals surface area contributed by atoms with E-state index in [-0.39, 0.29) is 5.60 Å². The zero-order chi connectivity index (χ0) is 19.3. The zero-order valence-electron chi connectivity index (χ0n) is 15.4. The van der Waals surface area contributed by atoms with Crippen molar-refractivity contribution in [3.8, 4) is 5.75 Å². The third-order valence-electron chi connectivity index (χ3n) is 4.79. The van der Waals surface area contributed by atoms with Crippen LogP contribution in [0.4, 0.5) is 5.69 Å². The molecule has 27 heavy (non-hydrogen) atoms. The fourth-order valence-electron chi connectivity index (χ4n) is 3.37. The second kappa shape index (κ2) is 8.79. The van der Waals surface area contributed by atoms with Crippen molar-refractivity contribution in [1.29, 1.82) is 0 Å². The molecule has 2 N–H and O–H groups in total. The lowest BCUT2D eigenvalue weighted by Crippen LogP contribution is -2.48. The summed E-state index contributed by atoms with van der Waals surface area (Å²) < 4.78 is 37.1. The molecule has 0 saturated carbocycles. The molecule has 0 unspecified atom stereocenters. The van der Waals surface area contributed by atoms with Crippen molar-refractivity contribution in [3.05, 3.63) is 29.8 Å². The Morgan fingerprint density at radius 2 is 2.07 bits per heavy atom. The van der Waals surface area contributed by atoms with Crippen molar-refractivity contribution in [1.82, 2.24) is 9.74 Å². The van der Waals surface area contributed by atoms with Gasteiger partial charge in [-0.3, -0.25) is 4.72 Å². The smallest absolute Gasteiger partial charge is 0.229 e. The number of benzene rings is 1. The van der Waals surface area contributed by atoms with Gasteiger partial charge in [-0.25, -0.2) is 13.3 Å². The second-order valence-corrected chi connectivity index (χ2v) is 8.98. The standard InChI is InChI=1S/C18H26ClN3O4S/c1-27(23,24)21-16-2-3-17-15(14-16)4-5-18(26-17)6-9-22(10-7-18)11-13-25-12-8-20-19/h2-5,14,20-21H,6-13H2,1H3. The number of likely N-dealkylation sites (tertiary alicyclic amines) is 1. The molecule has 0 atom stereocenters. The van der Waals surface area contributed by atoms with E-state index in [1.54, 1.807) is 12.1 Å². The van der Waals surface area contributed by atoms with E-state index in [1.165, 1.54) is 0 Å². The van der Waals surface area contributed by atoms with E-state index in [4.69, 9.17) is 21.3 Å². The lowest BCUT2D eigenvalue weighted by atomic mass is 9.88. The summed E-state index contributed by atoms with van der Waals surface area (Å²) in [5, 5.41) is 0. The maximum Gasteiger partial charge on any atom is 0.229 e. The van der Waals surface area contributed by atoms with Gasteiger partial charge in [-0.1, -0.05) is 6.08 Å². The molecule has 0 aliphatic carbocycles. The van der Waals surface area contributed by atoms with Crippen LogP contribution in [0.2, 0.25) is 0 Å². The Morgan fingerprint density at radius 3 is 2.78 bits per heavy atom. The average Bonchev–Trinajstić information content (AvgIpc) is 2.62. The number of piperidine rings is 1. The van der Waals surface area contributed by atoms with Crippen molar-refractivity contribution in [2.45, 2.75) is 18.4 Å². The lowest BCUT2D eigenvalue weighted by molar-refractivity contribution is 0.0257. The largest absolute Gasteiger partial charge is 0.482 e. The number of anilines is 1. The third kappa shape index (κ3) is 5.83. The maximum atomic E-state index is 11.4. The Hall–Kier alpha value is -1.32. The summed E-state index contributed by atoms with van der Waals surface area (Å²) in [5.41, 5.74) is 1.15. The average molecular weight is 416 g/mol. The molecule has 7 nitrogen and oxygen atoms in total. The molecule has 2 heterocycles. The second-order valence-electron chi connectivity index (χ2n) is 6.96. The highest BCUT2D eigenvalue weighted by atomic mass is 35.5. The Labute approximate surface area is 165 Å². The summed E-state index contributed by atoms with van der Waals surface area (Å²) in [7, 11) is -3.29. The third-order valence-corrected chi connectivity index (χ3v) is 5.58. The molecule has 0 radical (unpaired) electrons. The summed E-state index contributed by atoms with van der Waals surface area (Å²) in [6.07, 6.45) is 7.11. The van der Waals surface area contributed by atoms with Gasteiger partial charge in [0.25, 0.3) is 0 Å². The number of hydrogen-bond donors (Lipinski definition) is 2. The van der Waals surface area contributed by atoms with Gasteiger partial charge in [0.05, 0.1) is 19.5 Å². The van der Waals surface area contributed by atoms with Crippen LogP contribution in [0.25, 0.3) is 6.08 Å². The predicted octanol–water partition coefficient (Wildman–Crippen LogP) is 2.06. The van der Waals surface area contributed by atoms with Gasteiger partial charge in [-0.2, -0.15) is 0 Å². The van der Waals surface area contributed by atoms with Crippen LogP contribution in [0, 0.1) is 0 Å². The van der Waals surface area contributed by atoms with Crippen LogP contribution in [0.3, 0.4) is 0 Å². The van der Waals surface area contributed by atoms with E-state index in [1.807, 2.05) is 12.1 Å². The summed E-state index contributed by atoms with van der Waals surface area (Å²) in [6.45, 7) is 4.75. The van der Waals surface area contributed by atoms with Crippen LogP contribution in [-0.2, 0) is 14.8 Å².